The van der Waals surface area contributed by atoms with Crippen LogP contribution in [0.15, 0.2) is 12.1 Å². The molecule has 1 atom stereocenters. The van der Waals surface area contributed by atoms with Gasteiger partial charge in [-0.15, -0.1) is 0 Å². The molecule has 2 aliphatic heterocycles. The largest absolute Gasteiger partial charge is 0.493 e. The average Bonchev–Trinajstić information content (AvgIpc) is 3.20. The first-order valence-electron chi connectivity index (χ1n) is 8.51. The molecule has 0 bridgehead atoms. The highest BCUT2D eigenvalue weighted by atomic mass is 32.1. The molecule has 1 saturated carbocycles. The summed E-state index contributed by atoms with van der Waals surface area (Å²) in [5.41, 5.74) is 2.31. The minimum atomic E-state index is -0.163. The van der Waals surface area contributed by atoms with Crippen molar-refractivity contribution in [2.75, 3.05) is 14.2 Å². The molecule has 6 heteroatoms. The maximum atomic E-state index is 13.0. The van der Waals surface area contributed by atoms with Crippen molar-refractivity contribution in [1.29, 1.82) is 0 Å². The van der Waals surface area contributed by atoms with Crippen LogP contribution in [0.5, 0.6) is 11.5 Å². The molecule has 3 aliphatic rings. The molecule has 1 aliphatic carbocycles. The lowest BCUT2D eigenvalue weighted by Crippen LogP contribution is -2.40. The number of nitrogens with zero attached hydrogens (tertiary/aromatic N) is 2. The Bertz CT molecular complexity index is 649. The SMILES string of the molecule is COc1cc2c(cc1OC)CN1C(=S)N(C3CCCC3)C(=O)[C@H]1C2. The summed E-state index contributed by atoms with van der Waals surface area (Å²) >= 11 is 5.67. The number of ether oxygens (including phenoxy) is 2. The van der Waals surface area contributed by atoms with Crippen LogP contribution >= 0.6 is 12.2 Å². The van der Waals surface area contributed by atoms with Crippen LogP contribution in [0, 0.1) is 0 Å². The van der Waals surface area contributed by atoms with Gasteiger partial charge in [0, 0.05) is 19.0 Å². The van der Waals surface area contributed by atoms with Gasteiger partial charge in [0.1, 0.15) is 6.04 Å². The van der Waals surface area contributed by atoms with Crippen molar-refractivity contribution in [2.45, 2.75) is 50.7 Å². The van der Waals surface area contributed by atoms with E-state index in [4.69, 9.17) is 21.7 Å². The predicted octanol–water partition coefficient (Wildman–Crippen LogP) is 2.50. The Morgan fingerprint density at radius 2 is 1.71 bits per heavy atom. The van der Waals surface area contributed by atoms with Crippen LogP contribution in [-0.4, -0.2) is 47.1 Å². The molecular weight excluding hydrogens is 324 g/mol. The number of methoxy groups -OCH3 is 2. The number of thiocarbonyl (C=S) groups is 1. The zero-order valence-corrected chi connectivity index (χ0v) is 14.9. The van der Waals surface area contributed by atoms with Crippen molar-refractivity contribution in [3.63, 3.8) is 0 Å². The highest BCUT2D eigenvalue weighted by Crippen LogP contribution is 2.38. The molecule has 2 heterocycles. The molecule has 1 saturated heterocycles. The zero-order valence-electron chi connectivity index (χ0n) is 14.1. The van der Waals surface area contributed by atoms with Crippen molar-refractivity contribution >= 4 is 23.2 Å². The van der Waals surface area contributed by atoms with Crippen LogP contribution in [0.1, 0.15) is 36.8 Å². The van der Waals surface area contributed by atoms with E-state index in [9.17, 15) is 4.79 Å². The first-order valence-corrected chi connectivity index (χ1v) is 8.92. The van der Waals surface area contributed by atoms with E-state index in [0.717, 1.165) is 29.7 Å². The van der Waals surface area contributed by atoms with Gasteiger partial charge < -0.3 is 14.4 Å². The van der Waals surface area contributed by atoms with Crippen LogP contribution in [0.2, 0.25) is 0 Å². The Balaban J connectivity index is 1.66. The van der Waals surface area contributed by atoms with Crippen molar-refractivity contribution in [3.05, 3.63) is 23.3 Å². The highest BCUT2D eigenvalue weighted by molar-refractivity contribution is 7.80. The second kappa shape index (κ2) is 5.92. The lowest BCUT2D eigenvalue weighted by atomic mass is 9.94. The molecule has 1 aromatic rings. The fourth-order valence-electron chi connectivity index (χ4n) is 4.23. The lowest BCUT2D eigenvalue weighted by Gasteiger charge is -2.31. The molecule has 5 nitrogen and oxygen atoms in total. The fraction of sp³-hybridized carbons (Fsp3) is 0.556. The van der Waals surface area contributed by atoms with Crippen LogP contribution in [0.25, 0.3) is 0 Å². The molecule has 1 aromatic carbocycles. The molecule has 128 valence electrons. The number of amides is 1. The van der Waals surface area contributed by atoms with Gasteiger partial charge >= 0.3 is 0 Å². The summed E-state index contributed by atoms with van der Waals surface area (Å²) in [4.78, 5) is 16.9. The van der Waals surface area contributed by atoms with Gasteiger partial charge in [0.15, 0.2) is 16.6 Å². The van der Waals surface area contributed by atoms with Crippen molar-refractivity contribution < 1.29 is 14.3 Å². The summed E-state index contributed by atoms with van der Waals surface area (Å²) in [6.07, 6.45) is 5.20. The summed E-state index contributed by atoms with van der Waals surface area (Å²) in [7, 11) is 3.28. The maximum Gasteiger partial charge on any atom is 0.252 e. The molecule has 4 rings (SSSR count). The Morgan fingerprint density at radius 1 is 1.08 bits per heavy atom. The van der Waals surface area contributed by atoms with Gasteiger partial charge in [-0.1, -0.05) is 12.8 Å². The fourth-order valence-corrected chi connectivity index (χ4v) is 4.66. The minimum Gasteiger partial charge on any atom is -0.493 e. The molecule has 0 unspecified atom stereocenters. The van der Waals surface area contributed by atoms with Gasteiger partial charge in [-0.2, -0.15) is 0 Å². The van der Waals surface area contributed by atoms with Crippen LogP contribution in [0.4, 0.5) is 0 Å². The molecule has 24 heavy (non-hydrogen) atoms. The number of fused-ring (bicyclic) bond motifs is 2. The van der Waals surface area contributed by atoms with Gasteiger partial charge in [-0.3, -0.25) is 9.69 Å². The Kier molecular flexibility index (Phi) is 3.87. The number of carbonyl (C=O) groups is 1. The first-order chi connectivity index (χ1) is 11.6. The van der Waals surface area contributed by atoms with Gasteiger partial charge in [0.25, 0.3) is 5.91 Å². The normalized spacial score (nSPS) is 23.5. The number of rotatable bonds is 3. The van der Waals surface area contributed by atoms with Gasteiger partial charge in [-0.25, -0.2) is 0 Å². The van der Waals surface area contributed by atoms with E-state index in [-0.39, 0.29) is 11.9 Å². The number of hydrogen-bond acceptors (Lipinski definition) is 4. The third kappa shape index (κ3) is 2.27. The van der Waals surface area contributed by atoms with E-state index in [1.54, 1.807) is 14.2 Å². The molecular formula is C18H22N2O3S. The second-order valence-electron chi connectivity index (χ2n) is 6.75. The molecule has 0 radical (unpaired) electrons. The van der Waals surface area contributed by atoms with Crippen molar-refractivity contribution in [3.8, 4) is 11.5 Å². The van der Waals surface area contributed by atoms with Gasteiger partial charge in [0.05, 0.1) is 14.2 Å². The highest BCUT2D eigenvalue weighted by Gasteiger charge is 2.47. The summed E-state index contributed by atoms with van der Waals surface area (Å²) < 4.78 is 10.8. The monoisotopic (exact) mass is 346 g/mol. The number of benzene rings is 1. The van der Waals surface area contributed by atoms with Crippen LogP contribution in [0.3, 0.4) is 0 Å². The zero-order chi connectivity index (χ0) is 16.8. The van der Waals surface area contributed by atoms with Crippen molar-refractivity contribution in [1.82, 2.24) is 9.80 Å². The number of carbonyl (C=O) groups excluding carboxylic acids is 1. The standard InChI is InChI=1S/C18H22N2O3S/c1-22-15-8-11-7-14-17(21)20(13-5-3-4-6-13)18(24)19(14)10-12(11)9-16(15)23-2/h8-9,13-14H,3-7,10H2,1-2H3/t14-/m1/s1. The quantitative estimate of drug-likeness (QED) is 0.787. The smallest absolute Gasteiger partial charge is 0.252 e. The van der Waals surface area contributed by atoms with Crippen molar-refractivity contribution in [2.24, 2.45) is 0 Å². The predicted molar refractivity (Wildman–Crippen MR) is 94.3 cm³/mol. The minimum absolute atomic E-state index is 0.163. The van der Waals surface area contributed by atoms with E-state index in [0.29, 0.717) is 29.9 Å². The lowest BCUT2D eigenvalue weighted by molar-refractivity contribution is -0.129. The van der Waals surface area contributed by atoms with Gasteiger partial charge in [0.2, 0.25) is 0 Å². The second-order valence-corrected chi connectivity index (χ2v) is 7.12. The van der Waals surface area contributed by atoms with E-state index < -0.39 is 0 Å². The average molecular weight is 346 g/mol. The summed E-state index contributed by atoms with van der Waals surface area (Å²) in [5.74, 6) is 1.61. The molecule has 1 amide bonds. The molecule has 0 aromatic heterocycles. The van der Waals surface area contributed by atoms with E-state index >= 15 is 0 Å². The Labute approximate surface area is 147 Å². The third-order valence-corrected chi connectivity index (χ3v) is 5.93. The van der Waals surface area contributed by atoms with E-state index in [1.807, 2.05) is 17.0 Å². The third-order valence-electron chi connectivity index (χ3n) is 5.50. The maximum absolute atomic E-state index is 13.0. The van der Waals surface area contributed by atoms with Crippen LogP contribution in [-0.2, 0) is 17.8 Å². The summed E-state index contributed by atoms with van der Waals surface area (Å²) in [6, 6.07) is 4.14. The Morgan fingerprint density at radius 3 is 2.33 bits per heavy atom. The van der Waals surface area contributed by atoms with Crippen LogP contribution < -0.4 is 9.47 Å². The molecule has 0 spiro atoms. The van der Waals surface area contributed by atoms with E-state index in [2.05, 4.69) is 4.90 Å². The number of hydrogen-bond donors (Lipinski definition) is 0. The van der Waals surface area contributed by atoms with E-state index in [1.165, 1.54) is 12.8 Å². The summed E-state index contributed by atoms with van der Waals surface area (Å²) in [5, 5.41) is 0.706. The topological polar surface area (TPSA) is 42.0 Å². The molecule has 2 fully saturated rings. The van der Waals surface area contributed by atoms with Gasteiger partial charge in [-0.05, 0) is 48.3 Å². The summed E-state index contributed by atoms with van der Waals surface area (Å²) in [6.45, 7) is 0.661. The molecule has 0 N–H and O–H groups in total. The Hall–Kier alpha value is -1.82. The first kappa shape index (κ1) is 15.7.